The fraction of sp³-hybridized carbons (Fsp3) is 0.176. The molecule has 0 amide bonds. The van der Waals surface area contributed by atoms with Crippen LogP contribution in [0, 0.1) is 13.8 Å². The molecule has 0 aliphatic heterocycles. The van der Waals surface area contributed by atoms with Gasteiger partial charge in [-0.2, -0.15) is 0 Å². The van der Waals surface area contributed by atoms with E-state index in [0.717, 1.165) is 11.1 Å². The van der Waals surface area contributed by atoms with Gasteiger partial charge in [-0.15, -0.1) is 6.58 Å². The highest BCUT2D eigenvalue weighted by Crippen LogP contribution is 2.21. The summed E-state index contributed by atoms with van der Waals surface area (Å²) >= 11 is 0. The largest absolute Gasteiger partial charge is 0.477 e. The minimum absolute atomic E-state index is 0.232. The number of hydrogen-bond donors (Lipinski definition) is 1. The molecule has 0 unspecified atom stereocenters. The fourth-order valence-electron chi connectivity index (χ4n) is 2.20. The smallest absolute Gasteiger partial charge is 0.341 e. The SMILES string of the molecule is C=CCn1c(-c2ccc(C)c(C)c2)ccc(C(=O)O)c1=O. The van der Waals surface area contributed by atoms with Crippen LogP contribution >= 0.6 is 0 Å². The van der Waals surface area contributed by atoms with Crippen LogP contribution in [0.1, 0.15) is 21.5 Å². The second-order valence-corrected chi connectivity index (χ2v) is 4.94. The van der Waals surface area contributed by atoms with Crippen LogP contribution in [-0.4, -0.2) is 15.6 Å². The van der Waals surface area contributed by atoms with E-state index < -0.39 is 11.5 Å². The molecule has 0 bridgehead atoms. The van der Waals surface area contributed by atoms with E-state index >= 15 is 0 Å². The van der Waals surface area contributed by atoms with E-state index in [1.54, 1.807) is 12.1 Å². The summed E-state index contributed by atoms with van der Waals surface area (Å²) in [5.41, 5.74) is 3.11. The Balaban J connectivity index is 2.70. The second-order valence-electron chi connectivity index (χ2n) is 4.94. The number of aromatic nitrogens is 1. The monoisotopic (exact) mass is 283 g/mol. The van der Waals surface area contributed by atoms with E-state index in [2.05, 4.69) is 6.58 Å². The fourth-order valence-corrected chi connectivity index (χ4v) is 2.20. The van der Waals surface area contributed by atoms with Gasteiger partial charge in [0.25, 0.3) is 5.56 Å². The van der Waals surface area contributed by atoms with Crippen LogP contribution in [0.15, 0.2) is 47.8 Å². The number of aryl methyl sites for hydroxylation is 2. The maximum atomic E-state index is 12.3. The average Bonchev–Trinajstić information content (AvgIpc) is 2.44. The number of benzene rings is 1. The molecule has 1 N–H and O–H groups in total. The molecule has 0 spiro atoms. The van der Waals surface area contributed by atoms with Gasteiger partial charge in [0.1, 0.15) is 5.56 Å². The Bertz CT molecular complexity index is 772. The van der Waals surface area contributed by atoms with Gasteiger partial charge < -0.3 is 9.67 Å². The van der Waals surface area contributed by atoms with Crippen molar-refractivity contribution in [2.45, 2.75) is 20.4 Å². The molecule has 1 aromatic heterocycles. The van der Waals surface area contributed by atoms with Gasteiger partial charge in [-0.25, -0.2) is 4.79 Å². The number of nitrogens with zero attached hydrogens (tertiary/aromatic N) is 1. The molecule has 1 heterocycles. The van der Waals surface area contributed by atoms with E-state index in [4.69, 9.17) is 5.11 Å². The van der Waals surface area contributed by atoms with Crippen molar-refractivity contribution in [3.63, 3.8) is 0 Å². The topological polar surface area (TPSA) is 59.3 Å². The van der Waals surface area contributed by atoms with Crippen LogP contribution < -0.4 is 5.56 Å². The van der Waals surface area contributed by atoms with Crippen molar-refractivity contribution in [3.05, 3.63) is 70.0 Å². The van der Waals surface area contributed by atoms with Gasteiger partial charge in [-0.05, 0) is 48.7 Å². The van der Waals surface area contributed by atoms with Gasteiger partial charge in [-0.3, -0.25) is 4.79 Å². The zero-order valence-electron chi connectivity index (χ0n) is 12.1. The minimum Gasteiger partial charge on any atom is -0.477 e. The summed E-state index contributed by atoms with van der Waals surface area (Å²) in [6.07, 6.45) is 1.58. The highest BCUT2D eigenvalue weighted by Gasteiger charge is 2.14. The molecule has 0 aliphatic carbocycles. The number of rotatable bonds is 4. The van der Waals surface area contributed by atoms with Gasteiger partial charge in [0.2, 0.25) is 0 Å². The first-order valence-corrected chi connectivity index (χ1v) is 6.61. The van der Waals surface area contributed by atoms with Crippen molar-refractivity contribution >= 4 is 5.97 Å². The molecular formula is C17H17NO3. The van der Waals surface area contributed by atoms with Crippen LogP contribution in [0.25, 0.3) is 11.3 Å². The number of hydrogen-bond acceptors (Lipinski definition) is 2. The molecular weight excluding hydrogens is 266 g/mol. The van der Waals surface area contributed by atoms with Crippen molar-refractivity contribution < 1.29 is 9.90 Å². The van der Waals surface area contributed by atoms with E-state index in [-0.39, 0.29) is 12.1 Å². The predicted octanol–water partition coefficient (Wildman–Crippen LogP) is 3.02. The molecule has 0 aliphatic rings. The van der Waals surface area contributed by atoms with Crippen LogP contribution in [0.5, 0.6) is 0 Å². The summed E-state index contributed by atoms with van der Waals surface area (Å²) in [6, 6.07) is 8.92. The first-order valence-electron chi connectivity index (χ1n) is 6.61. The quantitative estimate of drug-likeness (QED) is 0.877. The Kier molecular flexibility index (Phi) is 4.08. The Hall–Kier alpha value is -2.62. The molecule has 2 rings (SSSR count). The molecule has 0 radical (unpaired) electrons. The summed E-state index contributed by atoms with van der Waals surface area (Å²) < 4.78 is 1.43. The minimum atomic E-state index is -1.22. The third-order valence-electron chi connectivity index (χ3n) is 3.52. The summed E-state index contributed by atoms with van der Waals surface area (Å²) in [6.45, 7) is 7.91. The summed E-state index contributed by atoms with van der Waals surface area (Å²) in [7, 11) is 0. The zero-order chi connectivity index (χ0) is 15.6. The summed E-state index contributed by atoms with van der Waals surface area (Å²) in [5, 5.41) is 9.06. The lowest BCUT2D eigenvalue weighted by Gasteiger charge is -2.13. The molecule has 0 saturated heterocycles. The van der Waals surface area contributed by atoms with E-state index in [1.807, 2.05) is 32.0 Å². The van der Waals surface area contributed by atoms with E-state index in [0.29, 0.717) is 5.69 Å². The lowest BCUT2D eigenvalue weighted by molar-refractivity contribution is 0.0694. The molecule has 0 saturated carbocycles. The standard InChI is InChI=1S/C17H17NO3/c1-4-9-18-15(8-7-14(16(18)19)17(20)21)13-6-5-11(2)12(3)10-13/h4-8,10H,1,9H2,2-3H3,(H,20,21). The third-order valence-corrected chi connectivity index (χ3v) is 3.52. The first-order chi connectivity index (χ1) is 9.95. The van der Waals surface area contributed by atoms with Gasteiger partial charge in [0, 0.05) is 6.54 Å². The van der Waals surface area contributed by atoms with E-state index in [1.165, 1.54) is 16.2 Å². The number of aromatic carboxylic acids is 1. The van der Waals surface area contributed by atoms with Crippen LogP contribution in [0.3, 0.4) is 0 Å². The van der Waals surface area contributed by atoms with Crippen LogP contribution in [-0.2, 0) is 6.54 Å². The summed E-state index contributed by atoms with van der Waals surface area (Å²) in [5.74, 6) is -1.22. The molecule has 1 aromatic carbocycles. The Morgan fingerprint density at radius 2 is 1.95 bits per heavy atom. The van der Waals surface area contributed by atoms with Gasteiger partial charge in [0.05, 0.1) is 5.69 Å². The molecule has 2 aromatic rings. The molecule has 0 fully saturated rings. The van der Waals surface area contributed by atoms with Crippen LogP contribution in [0.4, 0.5) is 0 Å². The molecule has 108 valence electrons. The molecule has 21 heavy (non-hydrogen) atoms. The first kappa shape index (κ1) is 14.8. The lowest BCUT2D eigenvalue weighted by Crippen LogP contribution is -2.27. The van der Waals surface area contributed by atoms with E-state index in [9.17, 15) is 9.59 Å². The number of pyridine rings is 1. The molecule has 4 nitrogen and oxygen atoms in total. The Labute approximate surface area is 123 Å². The highest BCUT2D eigenvalue weighted by molar-refractivity contribution is 5.87. The maximum Gasteiger partial charge on any atom is 0.341 e. The van der Waals surface area contributed by atoms with Crippen molar-refractivity contribution in [2.75, 3.05) is 0 Å². The van der Waals surface area contributed by atoms with Gasteiger partial charge in [0.15, 0.2) is 0 Å². The number of carboxylic acids is 1. The maximum absolute atomic E-state index is 12.3. The Morgan fingerprint density at radius 3 is 2.52 bits per heavy atom. The highest BCUT2D eigenvalue weighted by atomic mass is 16.4. The second kappa shape index (κ2) is 5.79. The third kappa shape index (κ3) is 2.79. The predicted molar refractivity (Wildman–Crippen MR) is 82.8 cm³/mol. The van der Waals surface area contributed by atoms with Crippen molar-refractivity contribution in [3.8, 4) is 11.3 Å². The van der Waals surface area contributed by atoms with Crippen LogP contribution in [0.2, 0.25) is 0 Å². The number of allylic oxidation sites excluding steroid dienone is 1. The number of carbonyl (C=O) groups is 1. The number of carboxylic acid groups (broad SMARTS) is 1. The van der Waals surface area contributed by atoms with Crippen molar-refractivity contribution in [2.24, 2.45) is 0 Å². The zero-order valence-corrected chi connectivity index (χ0v) is 12.1. The normalized spacial score (nSPS) is 10.4. The van der Waals surface area contributed by atoms with Gasteiger partial charge >= 0.3 is 5.97 Å². The molecule has 4 heteroatoms. The summed E-state index contributed by atoms with van der Waals surface area (Å²) in [4.78, 5) is 23.4. The average molecular weight is 283 g/mol. The lowest BCUT2D eigenvalue weighted by atomic mass is 10.0. The molecule has 0 atom stereocenters. The van der Waals surface area contributed by atoms with Gasteiger partial charge in [-0.1, -0.05) is 18.2 Å². The Morgan fingerprint density at radius 1 is 1.24 bits per heavy atom. The van der Waals surface area contributed by atoms with Crippen molar-refractivity contribution in [1.82, 2.24) is 4.57 Å². The van der Waals surface area contributed by atoms with Crippen molar-refractivity contribution in [1.29, 1.82) is 0 Å².